The lowest BCUT2D eigenvalue weighted by molar-refractivity contribution is 0.154. The Morgan fingerprint density at radius 1 is 1.41 bits per heavy atom. The summed E-state index contributed by atoms with van der Waals surface area (Å²) >= 11 is 0. The molecule has 1 heterocycles. The lowest BCUT2D eigenvalue weighted by atomic mass is 10.0. The Morgan fingerprint density at radius 2 is 2.29 bits per heavy atom. The number of benzene rings is 1. The quantitative estimate of drug-likeness (QED) is 0.792. The zero-order chi connectivity index (χ0) is 12.1. The molecule has 3 nitrogen and oxygen atoms in total. The van der Waals surface area contributed by atoms with E-state index in [1.54, 1.807) is 0 Å². The highest BCUT2D eigenvalue weighted by atomic mass is 16.5. The van der Waals surface area contributed by atoms with E-state index in [0.717, 1.165) is 26.3 Å². The zero-order valence-corrected chi connectivity index (χ0v) is 10.8. The summed E-state index contributed by atoms with van der Waals surface area (Å²) < 4.78 is 5.41. The number of rotatable bonds is 5. The Morgan fingerprint density at radius 3 is 3.12 bits per heavy atom. The summed E-state index contributed by atoms with van der Waals surface area (Å²) in [7, 11) is 2.13. The molecule has 0 aliphatic carbocycles. The molecule has 0 saturated carbocycles. The molecule has 94 valence electrons. The van der Waals surface area contributed by atoms with Gasteiger partial charge in [-0.3, -0.25) is 0 Å². The van der Waals surface area contributed by atoms with E-state index in [0.29, 0.717) is 0 Å². The normalized spacial score (nSPS) is 14.0. The van der Waals surface area contributed by atoms with Gasteiger partial charge in [0.25, 0.3) is 0 Å². The first kappa shape index (κ1) is 12.2. The molecule has 1 aliphatic heterocycles. The predicted molar refractivity (Wildman–Crippen MR) is 73.0 cm³/mol. The van der Waals surface area contributed by atoms with Crippen LogP contribution in [-0.2, 0) is 11.2 Å². The van der Waals surface area contributed by atoms with Crippen LogP contribution in [0.25, 0.3) is 0 Å². The number of likely N-dealkylation sites (N-methyl/N-ethyl adjacent to an activating group) is 1. The van der Waals surface area contributed by atoms with Crippen molar-refractivity contribution in [3.05, 3.63) is 23.8 Å². The second-order valence-corrected chi connectivity index (χ2v) is 4.46. The van der Waals surface area contributed by atoms with Crippen molar-refractivity contribution in [1.82, 2.24) is 0 Å². The van der Waals surface area contributed by atoms with Crippen molar-refractivity contribution in [3.63, 3.8) is 0 Å². The SMILES string of the molecule is CCOCCN(C)c1cccc2c1NCCC2. The molecule has 0 spiro atoms. The van der Waals surface area contributed by atoms with Gasteiger partial charge in [-0.1, -0.05) is 12.1 Å². The van der Waals surface area contributed by atoms with Gasteiger partial charge in [0, 0.05) is 26.7 Å². The Labute approximate surface area is 104 Å². The minimum absolute atomic E-state index is 0.788. The lowest BCUT2D eigenvalue weighted by Gasteiger charge is -2.27. The van der Waals surface area contributed by atoms with Crippen molar-refractivity contribution in [2.45, 2.75) is 19.8 Å². The van der Waals surface area contributed by atoms with E-state index in [9.17, 15) is 0 Å². The van der Waals surface area contributed by atoms with E-state index in [4.69, 9.17) is 4.74 Å². The molecular formula is C14H22N2O. The van der Waals surface area contributed by atoms with Crippen molar-refractivity contribution < 1.29 is 4.74 Å². The molecule has 0 atom stereocenters. The molecule has 1 aromatic carbocycles. The van der Waals surface area contributed by atoms with Gasteiger partial charge < -0.3 is 15.0 Å². The van der Waals surface area contributed by atoms with Gasteiger partial charge in [-0.15, -0.1) is 0 Å². The number of aryl methyl sites for hydroxylation is 1. The fourth-order valence-electron chi connectivity index (χ4n) is 2.28. The van der Waals surface area contributed by atoms with Gasteiger partial charge in [-0.25, -0.2) is 0 Å². The van der Waals surface area contributed by atoms with E-state index in [2.05, 4.69) is 35.5 Å². The first-order valence-corrected chi connectivity index (χ1v) is 6.47. The summed E-state index contributed by atoms with van der Waals surface area (Å²) in [5.41, 5.74) is 4.05. The van der Waals surface area contributed by atoms with Crippen LogP contribution >= 0.6 is 0 Å². The second kappa shape index (κ2) is 5.92. The van der Waals surface area contributed by atoms with Crippen molar-refractivity contribution in [3.8, 4) is 0 Å². The largest absolute Gasteiger partial charge is 0.383 e. The Bertz CT molecular complexity index is 365. The van der Waals surface area contributed by atoms with Gasteiger partial charge in [-0.05, 0) is 31.4 Å². The molecule has 0 fully saturated rings. The van der Waals surface area contributed by atoms with Gasteiger partial charge >= 0.3 is 0 Å². The molecule has 17 heavy (non-hydrogen) atoms. The van der Waals surface area contributed by atoms with Crippen LogP contribution in [0.4, 0.5) is 11.4 Å². The molecule has 0 amide bonds. The Kier molecular flexibility index (Phi) is 4.26. The lowest BCUT2D eigenvalue weighted by Crippen LogP contribution is -2.25. The van der Waals surface area contributed by atoms with E-state index >= 15 is 0 Å². The summed E-state index contributed by atoms with van der Waals surface area (Å²) in [5, 5.41) is 3.52. The number of ether oxygens (including phenoxy) is 1. The van der Waals surface area contributed by atoms with E-state index in [1.807, 2.05) is 6.92 Å². The van der Waals surface area contributed by atoms with Gasteiger partial charge in [0.1, 0.15) is 0 Å². The molecule has 0 saturated heterocycles. The number of nitrogens with zero attached hydrogens (tertiary/aromatic N) is 1. The molecule has 0 radical (unpaired) electrons. The third-order valence-electron chi connectivity index (χ3n) is 3.24. The summed E-state index contributed by atoms with van der Waals surface area (Å²) in [6.07, 6.45) is 2.43. The van der Waals surface area contributed by atoms with Crippen LogP contribution in [-0.4, -0.2) is 33.4 Å². The molecule has 3 heteroatoms. The monoisotopic (exact) mass is 234 g/mol. The maximum atomic E-state index is 5.41. The molecule has 1 aliphatic rings. The van der Waals surface area contributed by atoms with Crippen molar-refractivity contribution >= 4 is 11.4 Å². The fraction of sp³-hybridized carbons (Fsp3) is 0.571. The average Bonchev–Trinajstić information content (AvgIpc) is 2.38. The number of nitrogens with one attached hydrogen (secondary N) is 1. The third-order valence-corrected chi connectivity index (χ3v) is 3.24. The van der Waals surface area contributed by atoms with Gasteiger partial charge in [-0.2, -0.15) is 0 Å². The minimum Gasteiger partial charge on any atom is -0.383 e. The van der Waals surface area contributed by atoms with Crippen LogP contribution in [0.2, 0.25) is 0 Å². The van der Waals surface area contributed by atoms with Crippen LogP contribution in [0.1, 0.15) is 18.9 Å². The van der Waals surface area contributed by atoms with Crippen LogP contribution < -0.4 is 10.2 Å². The van der Waals surface area contributed by atoms with Crippen LogP contribution in [0.5, 0.6) is 0 Å². The van der Waals surface area contributed by atoms with Gasteiger partial charge in [0.15, 0.2) is 0 Å². The minimum atomic E-state index is 0.788. The molecule has 1 N–H and O–H groups in total. The topological polar surface area (TPSA) is 24.5 Å². The van der Waals surface area contributed by atoms with Crippen LogP contribution in [0.3, 0.4) is 0 Å². The predicted octanol–water partition coefficient (Wildman–Crippen LogP) is 2.52. The third kappa shape index (κ3) is 2.91. The van der Waals surface area contributed by atoms with Crippen LogP contribution in [0.15, 0.2) is 18.2 Å². The maximum absolute atomic E-state index is 5.41. The van der Waals surface area contributed by atoms with Crippen LogP contribution in [0, 0.1) is 0 Å². The van der Waals surface area contributed by atoms with Crippen molar-refractivity contribution in [2.24, 2.45) is 0 Å². The van der Waals surface area contributed by atoms with Gasteiger partial charge in [0.05, 0.1) is 18.0 Å². The zero-order valence-electron chi connectivity index (χ0n) is 10.8. The fourth-order valence-corrected chi connectivity index (χ4v) is 2.28. The van der Waals surface area contributed by atoms with Crippen molar-refractivity contribution in [1.29, 1.82) is 0 Å². The highest BCUT2D eigenvalue weighted by Gasteiger charge is 2.14. The summed E-state index contributed by atoms with van der Waals surface area (Å²) in [6.45, 7) is 5.64. The van der Waals surface area contributed by atoms with Gasteiger partial charge in [0.2, 0.25) is 0 Å². The van der Waals surface area contributed by atoms with E-state index < -0.39 is 0 Å². The number of fused-ring (bicyclic) bond motifs is 1. The smallest absolute Gasteiger partial charge is 0.0641 e. The van der Waals surface area contributed by atoms with E-state index in [1.165, 1.54) is 29.8 Å². The molecule has 1 aromatic rings. The standard InChI is InChI=1S/C14H22N2O/c1-3-17-11-10-16(2)13-8-4-6-12-7-5-9-15-14(12)13/h4,6,8,15H,3,5,7,9-11H2,1-2H3. The number of para-hydroxylation sites is 1. The average molecular weight is 234 g/mol. The first-order chi connectivity index (χ1) is 8.33. The molecule has 2 rings (SSSR count). The highest BCUT2D eigenvalue weighted by molar-refractivity contribution is 5.74. The molecular weight excluding hydrogens is 212 g/mol. The number of anilines is 2. The highest BCUT2D eigenvalue weighted by Crippen LogP contribution is 2.32. The summed E-state index contributed by atoms with van der Waals surface area (Å²) in [4.78, 5) is 2.27. The number of hydrogen-bond acceptors (Lipinski definition) is 3. The van der Waals surface area contributed by atoms with Crippen molar-refractivity contribution in [2.75, 3.05) is 43.6 Å². The Hall–Kier alpha value is -1.22. The second-order valence-electron chi connectivity index (χ2n) is 4.46. The first-order valence-electron chi connectivity index (χ1n) is 6.47. The number of hydrogen-bond donors (Lipinski definition) is 1. The Balaban J connectivity index is 2.09. The molecule has 0 unspecified atom stereocenters. The maximum Gasteiger partial charge on any atom is 0.0641 e. The summed E-state index contributed by atoms with van der Waals surface area (Å²) in [6, 6.07) is 6.56. The summed E-state index contributed by atoms with van der Waals surface area (Å²) in [5.74, 6) is 0. The molecule has 0 bridgehead atoms. The molecule has 0 aromatic heterocycles. The van der Waals surface area contributed by atoms with E-state index in [-0.39, 0.29) is 0 Å².